The van der Waals surface area contributed by atoms with Gasteiger partial charge in [-0.05, 0) is 49.7 Å². The van der Waals surface area contributed by atoms with Crippen molar-refractivity contribution >= 4 is 27.5 Å². The van der Waals surface area contributed by atoms with E-state index < -0.39 is 55.9 Å². The lowest BCUT2D eigenvalue weighted by Gasteiger charge is -2.30. The number of rotatable bonds is 12. The molecule has 0 radical (unpaired) electrons. The van der Waals surface area contributed by atoms with Gasteiger partial charge < -0.3 is 19.5 Å². The molecule has 0 bridgehead atoms. The van der Waals surface area contributed by atoms with E-state index in [2.05, 4.69) is 15.6 Å². The Morgan fingerprint density at radius 3 is 2.50 bits per heavy atom. The Kier molecular flexibility index (Phi) is 10.2. The molecule has 4 N–H and O–H groups in total. The Hall–Kier alpha value is -4.02. The highest BCUT2D eigenvalue weighted by Crippen LogP contribution is 2.30. The highest BCUT2D eigenvalue weighted by Gasteiger charge is 2.43. The topological polar surface area (TPSA) is 205 Å². The Morgan fingerprint density at radius 1 is 1.20 bits per heavy atom. The van der Waals surface area contributed by atoms with Crippen LogP contribution < -0.4 is 21.2 Å². The van der Waals surface area contributed by atoms with Gasteiger partial charge in [0.25, 0.3) is 5.88 Å². The van der Waals surface area contributed by atoms with E-state index in [1.165, 1.54) is 0 Å². The van der Waals surface area contributed by atoms with Crippen molar-refractivity contribution in [2.45, 2.75) is 44.8 Å². The molecule has 3 rings (SSSR count). The number of nitro groups is 1. The number of benzene rings is 1. The number of hydrazine groups is 1. The lowest BCUT2D eigenvalue weighted by Crippen LogP contribution is -2.50. The van der Waals surface area contributed by atoms with Gasteiger partial charge >= 0.3 is 17.6 Å². The monoisotopic (exact) mass is 580 g/mol. The first kappa shape index (κ1) is 30.5. The first-order valence-electron chi connectivity index (χ1n) is 12.4. The van der Waals surface area contributed by atoms with Crippen molar-refractivity contribution in [3.8, 4) is 5.75 Å². The van der Waals surface area contributed by atoms with Gasteiger partial charge in [0.15, 0.2) is 9.84 Å². The van der Waals surface area contributed by atoms with E-state index in [0.717, 1.165) is 6.26 Å². The summed E-state index contributed by atoms with van der Waals surface area (Å²) < 4.78 is 40.8. The number of nitrogens with zero attached hydrogens (tertiary/aromatic N) is 3. The van der Waals surface area contributed by atoms with Crippen LogP contribution in [0, 0.1) is 10.1 Å². The third-order valence-electron chi connectivity index (χ3n) is 5.68. The molecule has 16 heteroatoms. The first-order valence-corrected chi connectivity index (χ1v) is 14.4. The highest BCUT2D eigenvalue weighted by molar-refractivity contribution is 7.91. The summed E-state index contributed by atoms with van der Waals surface area (Å²) in [4.78, 5) is 39.3. The summed E-state index contributed by atoms with van der Waals surface area (Å²) in [5.41, 5.74) is -1.74. The summed E-state index contributed by atoms with van der Waals surface area (Å²) >= 11 is 0. The average Bonchev–Trinajstić information content (AvgIpc) is 2.89. The molecule has 0 aromatic heterocycles. The smallest absolute Gasteiger partial charge is 0.352 e. The second kappa shape index (κ2) is 13.4. The number of allylic oxidation sites excluding steroid dienone is 1. The molecule has 0 saturated heterocycles. The average molecular weight is 581 g/mol. The zero-order chi connectivity index (χ0) is 29.4. The van der Waals surface area contributed by atoms with E-state index >= 15 is 0 Å². The second-order valence-corrected chi connectivity index (χ2v) is 10.8. The lowest BCUT2D eigenvalue weighted by molar-refractivity contribution is -0.419. The van der Waals surface area contributed by atoms with Crippen molar-refractivity contribution in [2.24, 2.45) is 10.8 Å². The number of carbonyl (C=O) groups excluding carboxylic acids is 2. The van der Waals surface area contributed by atoms with Gasteiger partial charge in [-0.3, -0.25) is 25.0 Å². The maximum absolute atomic E-state index is 12.5. The van der Waals surface area contributed by atoms with E-state index in [1.54, 1.807) is 32.2 Å². The van der Waals surface area contributed by atoms with Crippen LogP contribution >= 0.6 is 0 Å². The molecular formula is C24H32N6O9S. The number of esters is 2. The fourth-order valence-corrected chi connectivity index (χ4v) is 4.82. The molecule has 2 atom stereocenters. The molecule has 218 valence electrons. The number of nitrogens with one attached hydrogen (secondary N) is 2. The minimum absolute atomic E-state index is 0.00525. The van der Waals surface area contributed by atoms with Crippen molar-refractivity contribution in [3.05, 3.63) is 63.3 Å². The number of ether oxygens (including phenoxy) is 3. The SMILES string of the molecule is CCOC(=O)CCc1cc(OC2=C([N+](=O)[O-])C(CC(=O)OCC)=NC(S(C)(=O)=O)N2N)cc(C2NC=CCN2)c1. The molecule has 2 aliphatic rings. The molecule has 2 unspecified atom stereocenters. The van der Waals surface area contributed by atoms with E-state index in [4.69, 9.17) is 20.1 Å². The molecule has 0 saturated carbocycles. The molecule has 2 heterocycles. The summed E-state index contributed by atoms with van der Waals surface area (Å²) in [5, 5.41) is 19.1. The molecule has 0 spiro atoms. The van der Waals surface area contributed by atoms with Gasteiger partial charge in [0.05, 0.1) is 24.6 Å². The third-order valence-corrected chi connectivity index (χ3v) is 6.78. The van der Waals surface area contributed by atoms with Gasteiger partial charge in [-0.15, -0.1) is 0 Å². The summed E-state index contributed by atoms with van der Waals surface area (Å²) in [6.45, 7) is 4.06. The van der Waals surface area contributed by atoms with Crippen LogP contribution in [-0.2, 0) is 35.3 Å². The minimum atomic E-state index is -4.04. The van der Waals surface area contributed by atoms with Crippen molar-refractivity contribution in [1.29, 1.82) is 0 Å². The summed E-state index contributed by atoms with van der Waals surface area (Å²) in [6.07, 6.45) is 3.78. The highest BCUT2D eigenvalue weighted by atomic mass is 32.2. The molecule has 1 aromatic carbocycles. The number of hydrogen-bond donors (Lipinski definition) is 3. The van der Waals surface area contributed by atoms with Crippen LogP contribution in [-0.4, -0.2) is 67.5 Å². The van der Waals surface area contributed by atoms with Crippen molar-refractivity contribution in [2.75, 3.05) is 26.0 Å². The zero-order valence-electron chi connectivity index (χ0n) is 22.3. The number of sulfone groups is 1. The number of nitrogens with two attached hydrogens (primary N) is 1. The van der Waals surface area contributed by atoms with Crippen molar-refractivity contribution in [3.63, 3.8) is 0 Å². The van der Waals surface area contributed by atoms with Crippen LogP contribution in [0.25, 0.3) is 0 Å². The number of carbonyl (C=O) groups is 2. The standard InChI is InChI=1S/C24H32N6O9S/c1-4-37-19(31)8-7-15-11-16(22-26-9-6-10-27-22)13-17(12-15)39-23-21(30(33)34)18(14-20(32)38-5-2)28-24(29(23)25)40(3,35)36/h6,9,11-13,22,24,26-27H,4-5,7-8,10,14,25H2,1-3H3. The molecule has 2 aliphatic heterocycles. The first-order chi connectivity index (χ1) is 18.9. The third kappa shape index (κ3) is 7.77. The van der Waals surface area contributed by atoms with E-state index in [9.17, 15) is 28.1 Å². The predicted octanol–water partition coefficient (Wildman–Crippen LogP) is 0.624. The lowest BCUT2D eigenvalue weighted by atomic mass is 10.0. The van der Waals surface area contributed by atoms with E-state index in [0.29, 0.717) is 22.7 Å². The maximum atomic E-state index is 12.5. The predicted molar refractivity (Wildman–Crippen MR) is 142 cm³/mol. The fourth-order valence-electron chi connectivity index (χ4n) is 4.00. The van der Waals surface area contributed by atoms with Crippen LogP contribution in [0.1, 0.15) is 44.0 Å². The van der Waals surface area contributed by atoms with Crippen LogP contribution in [0.4, 0.5) is 0 Å². The summed E-state index contributed by atoms with van der Waals surface area (Å²) in [7, 11) is -4.04. The van der Waals surface area contributed by atoms with Gasteiger partial charge in [-0.1, -0.05) is 12.1 Å². The normalized spacial score (nSPS) is 19.0. The molecule has 1 aromatic rings. The second-order valence-electron chi connectivity index (χ2n) is 8.76. The fraction of sp³-hybridized carbons (Fsp3) is 0.458. The Morgan fingerprint density at radius 2 is 1.90 bits per heavy atom. The minimum Gasteiger partial charge on any atom is -0.466 e. The zero-order valence-corrected chi connectivity index (χ0v) is 23.1. The molecule has 40 heavy (non-hydrogen) atoms. The van der Waals surface area contributed by atoms with Gasteiger partial charge in [-0.2, -0.15) is 0 Å². The van der Waals surface area contributed by atoms with Gasteiger partial charge in [0, 0.05) is 19.2 Å². The van der Waals surface area contributed by atoms with Gasteiger partial charge in [0.1, 0.15) is 17.6 Å². The van der Waals surface area contributed by atoms with Gasteiger partial charge in [0.2, 0.25) is 5.50 Å². The van der Waals surface area contributed by atoms with Crippen molar-refractivity contribution in [1.82, 2.24) is 15.6 Å². The summed E-state index contributed by atoms with van der Waals surface area (Å²) in [5.74, 6) is 4.23. The van der Waals surface area contributed by atoms with Crippen LogP contribution in [0.2, 0.25) is 0 Å². The Bertz CT molecular complexity index is 1340. The van der Waals surface area contributed by atoms with Gasteiger partial charge in [-0.25, -0.2) is 24.3 Å². The molecule has 0 fully saturated rings. The van der Waals surface area contributed by atoms with Crippen LogP contribution in [0.5, 0.6) is 5.75 Å². The molecule has 0 aliphatic carbocycles. The van der Waals surface area contributed by atoms with E-state index in [-0.39, 0.29) is 38.0 Å². The van der Waals surface area contributed by atoms with E-state index in [1.807, 2.05) is 12.1 Å². The Labute approximate surface area is 231 Å². The molecule has 15 nitrogen and oxygen atoms in total. The number of aliphatic imine (C=N–C) groups is 1. The summed E-state index contributed by atoms with van der Waals surface area (Å²) in [6, 6.07) is 4.96. The number of hydrogen-bond acceptors (Lipinski definition) is 14. The van der Waals surface area contributed by atoms with Crippen LogP contribution in [0.3, 0.4) is 0 Å². The quantitative estimate of drug-likeness (QED) is 0.134. The largest absolute Gasteiger partial charge is 0.466 e. The number of aryl methyl sites for hydroxylation is 1. The van der Waals surface area contributed by atoms with Crippen molar-refractivity contribution < 1.29 is 37.1 Å². The molecular weight excluding hydrogens is 548 g/mol. The Balaban J connectivity index is 2.09. The molecule has 0 amide bonds. The maximum Gasteiger partial charge on any atom is 0.352 e. The van der Waals surface area contributed by atoms with Crippen LogP contribution in [0.15, 0.2) is 47.0 Å².